The molecule has 0 saturated heterocycles. The number of hydrogen-bond donors (Lipinski definition) is 2. The van der Waals surface area contributed by atoms with Crippen LogP contribution in [0.2, 0.25) is 0 Å². The molecule has 0 saturated carbocycles. The molecular weight excluding hydrogens is 178 g/mol. The Balaban J connectivity index is 2.59. The van der Waals surface area contributed by atoms with Gasteiger partial charge in [0.25, 0.3) is 0 Å². The molecule has 0 radical (unpaired) electrons. The summed E-state index contributed by atoms with van der Waals surface area (Å²) in [6, 6.07) is 9.32. The van der Waals surface area contributed by atoms with E-state index in [9.17, 15) is 4.79 Å². The highest BCUT2D eigenvalue weighted by molar-refractivity contribution is 5.72. The van der Waals surface area contributed by atoms with Crippen molar-refractivity contribution in [2.75, 3.05) is 0 Å². The van der Waals surface area contributed by atoms with E-state index in [1.54, 1.807) is 6.92 Å². The first kappa shape index (κ1) is 10.7. The molecule has 0 amide bonds. The average Bonchev–Trinajstić information content (AvgIpc) is 2.19. The summed E-state index contributed by atoms with van der Waals surface area (Å²) in [4.78, 5) is 10.6. The van der Waals surface area contributed by atoms with E-state index in [4.69, 9.17) is 5.11 Å². The maximum atomic E-state index is 10.6. The minimum atomic E-state index is -0.826. The highest BCUT2D eigenvalue weighted by Gasteiger charge is 2.14. The normalized spacial score (nSPS) is 14.7. The number of nitrogens with one attached hydrogen (secondary N) is 1. The molecule has 76 valence electrons. The van der Waals surface area contributed by atoms with Gasteiger partial charge in [-0.05, 0) is 19.4 Å². The second-order valence-electron chi connectivity index (χ2n) is 3.36. The largest absolute Gasteiger partial charge is 0.480 e. The van der Waals surface area contributed by atoms with Gasteiger partial charge in [0.15, 0.2) is 0 Å². The van der Waals surface area contributed by atoms with Crippen molar-refractivity contribution in [1.82, 2.24) is 5.32 Å². The Morgan fingerprint density at radius 3 is 2.36 bits per heavy atom. The Morgan fingerprint density at radius 2 is 1.86 bits per heavy atom. The zero-order valence-electron chi connectivity index (χ0n) is 8.40. The number of carboxylic acid groups (broad SMARTS) is 1. The van der Waals surface area contributed by atoms with Gasteiger partial charge in [-0.3, -0.25) is 10.1 Å². The second-order valence-corrected chi connectivity index (χ2v) is 3.36. The lowest BCUT2D eigenvalue weighted by molar-refractivity contribution is -0.139. The first-order valence-electron chi connectivity index (χ1n) is 4.65. The molecule has 3 heteroatoms. The smallest absolute Gasteiger partial charge is 0.320 e. The Hall–Kier alpha value is -1.35. The van der Waals surface area contributed by atoms with Crippen molar-refractivity contribution >= 4 is 5.97 Å². The lowest BCUT2D eigenvalue weighted by Gasteiger charge is -2.17. The van der Waals surface area contributed by atoms with Crippen LogP contribution in [0.5, 0.6) is 0 Å². The van der Waals surface area contributed by atoms with Crippen LogP contribution >= 0.6 is 0 Å². The molecule has 1 aromatic rings. The Morgan fingerprint density at radius 1 is 1.29 bits per heavy atom. The molecule has 2 N–H and O–H groups in total. The van der Waals surface area contributed by atoms with Crippen LogP contribution in [-0.4, -0.2) is 17.1 Å². The standard InChI is InChI=1S/C11H15NO2/c1-8(12-9(2)11(13)14)10-6-4-3-5-7-10/h3-9,12H,1-2H3,(H,13,14)/t8-,9?/m1/s1. The van der Waals surface area contributed by atoms with Crippen molar-refractivity contribution in [3.8, 4) is 0 Å². The van der Waals surface area contributed by atoms with Crippen LogP contribution in [0.15, 0.2) is 30.3 Å². The summed E-state index contributed by atoms with van der Waals surface area (Å²) in [5.41, 5.74) is 1.10. The Bertz CT molecular complexity index is 297. The zero-order chi connectivity index (χ0) is 10.6. The molecule has 0 aliphatic rings. The molecule has 2 atom stereocenters. The van der Waals surface area contributed by atoms with Gasteiger partial charge in [0.05, 0.1) is 0 Å². The quantitative estimate of drug-likeness (QED) is 0.766. The minimum Gasteiger partial charge on any atom is -0.480 e. The van der Waals surface area contributed by atoms with E-state index in [2.05, 4.69) is 5.32 Å². The van der Waals surface area contributed by atoms with Gasteiger partial charge in [0, 0.05) is 6.04 Å². The molecule has 0 aromatic heterocycles. The summed E-state index contributed by atoms with van der Waals surface area (Å²) in [6.07, 6.45) is 0. The first-order valence-corrected chi connectivity index (χ1v) is 4.65. The van der Waals surface area contributed by atoms with Gasteiger partial charge in [-0.2, -0.15) is 0 Å². The van der Waals surface area contributed by atoms with Crippen molar-refractivity contribution in [2.45, 2.75) is 25.9 Å². The zero-order valence-corrected chi connectivity index (χ0v) is 8.40. The van der Waals surface area contributed by atoms with Gasteiger partial charge in [0.2, 0.25) is 0 Å². The molecular formula is C11H15NO2. The third kappa shape index (κ3) is 2.85. The van der Waals surface area contributed by atoms with Gasteiger partial charge in [0.1, 0.15) is 6.04 Å². The summed E-state index contributed by atoms with van der Waals surface area (Å²) >= 11 is 0. The van der Waals surface area contributed by atoms with Crippen molar-refractivity contribution in [2.24, 2.45) is 0 Å². The van der Waals surface area contributed by atoms with Crippen LogP contribution in [0.1, 0.15) is 25.5 Å². The van der Waals surface area contributed by atoms with Crippen LogP contribution in [0.3, 0.4) is 0 Å². The fraction of sp³-hybridized carbons (Fsp3) is 0.364. The summed E-state index contributed by atoms with van der Waals surface area (Å²) in [5, 5.41) is 11.7. The highest BCUT2D eigenvalue weighted by Crippen LogP contribution is 2.11. The van der Waals surface area contributed by atoms with Crippen LogP contribution in [-0.2, 0) is 4.79 Å². The van der Waals surface area contributed by atoms with E-state index in [0.29, 0.717) is 0 Å². The Labute approximate surface area is 83.8 Å². The molecule has 0 aliphatic carbocycles. The number of benzene rings is 1. The number of aliphatic carboxylic acids is 1. The highest BCUT2D eigenvalue weighted by atomic mass is 16.4. The van der Waals surface area contributed by atoms with Crippen molar-refractivity contribution in [1.29, 1.82) is 0 Å². The lowest BCUT2D eigenvalue weighted by atomic mass is 10.1. The van der Waals surface area contributed by atoms with Gasteiger partial charge >= 0.3 is 5.97 Å². The van der Waals surface area contributed by atoms with Crippen LogP contribution in [0.4, 0.5) is 0 Å². The maximum absolute atomic E-state index is 10.6. The number of carboxylic acids is 1. The van der Waals surface area contributed by atoms with Gasteiger partial charge in [-0.1, -0.05) is 30.3 Å². The van der Waals surface area contributed by atoms with E-state index in [1.807, 2.05) is 37.3 Å². The van der Waals surface area contributed by atoms with Gasteiger partial charge in [-0.25, -0.2) is 0 Å². The fourth-order valence-corrected chi connectivity index (χ4v) is 1.28. The molecule has 0 aliphatic heterocycles. The third-order valence-corrected chi connectivity index (χ3v) is 2.17. The van der Waals surface area contributed by atoms with Crippen molar-refractivity contribution < 1.29 is 9.90 Å². The van der Waals surface area contributed by atoms with Crippen LogP contribution in [0.25, 0.3) is 0 Å². The third-order valence-electron chi connectivity index (χ3n) is 2.17. The molecule has 0 spiro atoms. The predicted molar refractivity (Wildman–Crippen MR) is 55.1 cm³/mol. The number of carbonyl (C=O) groups is 1. The van der Waals surface area contributed by atoms with Crippen molar-refractivity contribution in [3.63, 3.8) is 0 Å². The van der Waals surface area contributed by atoms with Gasteiger partial charge in [-0.15, -0.1) is 0 Å². The summed E-state index contributed by atoms with van der Waals surface area (Å²) in [6.45, 7) is 3.59. The minimum absolute atomic E-state index is 0.0577. The molecule has 0 heterocycles. The van der Waals surface area contributed by atoms with E-state index in [-0.39, 0.29) is 6.04 Å². The van der Waals surface area contributed by atoms with E-state index in [1.165, 1.54) is 0 Å². The molecule has 1 rings (SSSR count). The molecule has 0 fully saturated rings. The van der Waals surface area contributed by atoms with Crippen LogP contribution < -0.4 is 5.32 Å². The SMILES string of the molecule is CC(N[C@H](C)c1ccccc1)C(=O)O. The predicted octanol–water partition coefficient (Wildman–Crippen LogP) is 1.81. The van der Waals surface area contributed by atoms with Crippen molar-refractivity contribution in [3.05, 3.63) is 35.9 Å². The van der Waals surface area contributed by atoms with E-state index in [0.717, 1.165) is 5.56 Å². The molecule has 0 bridgehead atoms. The average molecular weight is 193 g/mol. The topological polar surface area (TPSA) is 49.3 Å². The Kier molecular flexibility index (Phi) is 3.65. The van der Waals surface area contributed by atoms with E-state index >= 15 is 0 Å². The first-order chi connectivity index (χ1) is 6.61. The van der Waals surface area contributed by atoms with E-state index < -0.39 is 12.0 Å². The molecule has 1 unspecified atom stereocenters. The maximum Gasteiger partial charge on any atom is 0.320 e. The number of rotatable bonds is 4. The molecule has 3 nitrogen and oxygen atoms in total. The second kappa shape index (κ2) is 4.77. The number of hydrogen-bond acceptors (Lipinski definition) is 2. The van der Waals surface area contributed by atoms with Gasteiger partial charge < -0.3 is 5.11 Å². The summed E-state index contributed by atoms with van der Waals surface area (Å²) in [7, 11) is 0. The summed E-state index contributed by atoms with van der Waals surface area (Å²) in [5.74, 6) is -0.826. The lowest BCUT2D eigenvalue weighted by Crippen LogP contribution is -2.35. The van der Waals surface area contributed by atoms with Crippen LogP contribution in [0, 0.1) is 0 Å². The molecule has 14 heavy (non-hydrogen) atoms. The monoisotopic (exact) mass is 193 g/mol. The summed E-state index contributed by atoms with van der Waals surface area (Å²) < 4.78 is 0. The molecule has 1 aromatic carbocycles. The fourth-order valence-electron chi connectivity index (χ4n) is 1.28.